The number of carbonyl (C=O) groups is 2. The van der Waals surface area contributed by atoms with Crippen molar-refractivity contribution in [2.45, 2.75) is 32.6 Å². The highest BCUT2D eigenvalue weighted by Crippen LogP contribution is 2.42. The fourth-order valence-electron chi connectivity index (χ4n) is 2.07. The Bertz CT molecular complexity index is 353. The van der Waals surface area contributed by atoms with Crippen LogP contribution in [-0.4, -0.2) is 41.8 Å². The lowest BCUT2D eigenvalue weighted by molar-refractivity contribution is -0.143. The maximum absolute atomic E-state index is 12.3. The van der Waals surface area contributed by atoms with E-state index in [4.69, 9.17) is 18.0 Å². The quantitative estimate of drug-likeness (QED) is 0.687. The molecule has 102 valence electrons. The Labute approximate surface area is 113 Å². The maximum atomic E-state index is 12.3. The van der Waals surface area contributed by atoms with Crippen LogP contribution in [0.1, 0.15) is 32.6 Å². The smallest absolute Gasteiger partial charge is 0.239 e. The van der Waals surface area contributed by atoms with Crippen LogP contribution in [0.2, 0.25) is 0 Å². The lowest BCUT2D eigenvalue weighted by atomic mass is 9.67. The summed E-state index contributed by atoms with van der Waals surface area (Å²) in [5, 5.41) is 2.74. The average Bonchev–Trinajstić information content (AvgIpc) is 2.23. The molecule has 0 bridgehead atoms. The fourth-order valence-corrected chi connectivity index (χ4v) is 2.36. The van der Waals surface area contributed by atoms with Crippen molar-refractivity contribution in [2.75, 3.05) is 20.1 Å². The second kappa shape index (κ2) is 6.13. The highest BCUT2D eigenvalue weighted by molar-refractivity contribution is 7.80. The molecule has 0 aromatic heterocycles. The van der Waals surface area contributed by atoms with Gasteiger partial charge >= 0.3 is 0 Å². The second-order valence-corrected chi connectivity index (χ2v) is 5.25. The maximum Gasteiger partial charge on any atom is 0.239 e. The van der Waals surface area contributed by atoms with Crippen molar-refractivity contribution in [1.82, 2.24) is 10.2 Å². The first-order chi connectivity index (χ1) is 8.44. The first-order valence-corrected chi connectivity index (χ1v) is 6.67. The number of nitrogens with two attached hydrogens (primary N) is 1. The molecule has 0 radical (unpaired) electrons. The molecule has 3 N–H and O–H groups in total. The zero-order valence-corrected chi connectivity index (χ0v) is 11.8. The minimum Gasteiger partial charge on any atom is -0.392 e. The van der Waals surface area contributed by atoms with Crippen LogP contribution in [0, 0.1) is 5.41 Å². The van der Waals surface area contributed by atoms with Gasteiger partial charge in [-0.1, -0.05) is 25.6 Å². The van der Waals surface area contributed by atoms with Gasteiger partial charge in [-0.15, -0.1) is 0 Å². The van der Waals surface area contributed by atoms with Crippen molar-refractivity contribution < 1.29 is 9.59 Å². The Morgan fingerprint density at radius 3 is 2.44 bits per heavy atom. The molecule has 6 heteroatoms. The molecular weight excluding hydrogens is 250 g/mol. The van der Waals surface area contributed by atoms with Gasteiger partial charge < -0.3 is 16.0 Å². The molecule has 0 aromatic carbocycles. The van der Waals surface area contributed by atoms with Crippen LogP contribution in [0.15, 0.2) is 0 Å². The van der Waals surface area contributed by atoms with Crippen LogP contribution in [0.3, 0.4) is 0 Å². The Morgan fingerprint density at radius 1 is 1.44 bits per heavy atom. The SMILES string of the molecule is CCCNC(=O)CN(C)C(=O)C1(C(N)=S)CCC1. The number of carbonyl (C=O) groups excluding carboxylic acids is 2. The highest BCUT2D eigenvalue weighted by atomic mass is 32.1. The molecule has 0 unspecified atom stereocenters. The molecule has 0 aromatic rings. The third-order valence-corrected chi connectivity index (χ3v) is 3.78. The first-order valence-electron chi connectivity index (χ1n) is 6.26. The predicted molar refractivity (Wildman–Crippen MR) is 74.0 cm³/mol. The molecule has 1 aliphatic carbocycles. The molecule has 1 aliphatic rings. The van der Waals surface area contributed by atoms with Crippen molar-refractivity contribution in [3.63, 3.8) is 0 Å². The van der Waals surface area contributed by atoms with E-state index in [1.807, 2.05) is 6.92 Å². The molecule has 0 atom stereocenters. The number of hydrogen-bond donors (Lipinski definition) is 2. The number of nitrogens with zero attached hydrogens (tertiary/aromatic N) is 1. The summed E-state index contributed by atoms with van der Waals surface area (Å²) in [4.78, 5) is 25.5. The summed E-state index contributed by atoms with van der Waals surface area (Å²) in [6.45, 7) is 2.66. The van der Waals surface area contributed by atoms with E-state index in [-0.39, 0.29) is 23.3 Å². The minimum atomic E-state index is -0.699. The molecule has 1 fully saturated rings. The molecule has 1 rings (SSSR count). The molecule has 0 heterocycles. The van der Waals surface area contributed by atoms with Crippen LogP contribution in [0.25, 0.3) is 0 Å². The number of nitrogens with one attached hydrogen (secondary N) is 1. The van der Waals surface area contributed by atoms with Crippen molar-refractivity contribution in [2.24, 2.45) is 11.1 Å². The second-order valence-electron chi connectivity index (χ2n) is 4.81. The summed E-state index contributed by atoms with van der Waals surface area (Å²) in [5.74, 6) is -0.280. The Balaban J connectivity index is 2.56. The van der Waals surface area contributed by atoms with E-state index in [2.05, 4.69) is 5.32 Å². The number of rotatable bonds is 6. The number of amides is 2. The lowest BCUT2D eigenvalue weighted by Gasteiger charge is -2.41. The Morgan fingerprint density at radius 2 is 2.06 bits per heavy atom. The van der Waals surface area contributed by atoms with Crippen LogP contribution < -0.4 is 11.1 Å². The molecule has 0 spiro atoms. The largest absolute Gasteiger partial charge is 0.392 e. The van der Waals surface area contributed by atoms with Crippen molar-refractivity contribution in [3.05, 3.63) is 0 Å². The molecule has 1 saturated carbocycles. The molecule has 0 saturated heterocycles. The summed E-state index contributed by atoms with van der Waals surface area (Å²) in [6, 6.07) is 0. The van der Waals surface area contributed by atoms with E-state index in [1.54, 1.807) is 7.05 Å². The van der Waals surface area contributed by atoms with Gasteiger partial charge in [-0.3, -0.25) is 9.59 Å². The fraction of sp³-hybridized carbons (Fsp3) is 0.750. The van der Waals surface area contributed by atoms with E-state index in [1.165, 1.54) is 4.90 Å². The first kappa shape index (κ1) is 14.9. The number of likely N-dealkylation sites (N-methyl/N-ethyl adjacent to an activating group) is 1. The van der Waals surface area contributed by atoms with Gasteiger partial charge in [0.2, 0.25) is 11.8 Å². The summed E-state index contributed by atoms with van der Waals surface area (Å²) in [5.41, 5.74) is 4.97. The molecular formula is C12H21N3O2S. The van der Waals surface area contributed by atoms with Crippen molar-refractivity contribution in [3.8, 4) is 0 Å². The lowest BCUT2D eigenvalue weighted by Crippen LogP contribution is -2.54. The highest BCUT2D eigenvalue weighted by Gasteiger charge is 2.48. The van der Waals surface area contributed by atoms with Gasteiger partial charge in [-0.2, -0.15) is 0 Å². The zero-order chi connectivity index (χ0) is 13.8. The summed E-state index contributed by atoms with van der Waals surface area (Å²) >= 11 is 4.99. The van der Waals surface area contributed by atoms with Crippen LogP contribution in [0.5, 0.6) is 0 Å². The topological polar surface area (TPSA) is 75.4 Å². The van der Waals surface area contributed by atoms with Crippen LogP contribution >= 0.6 is 12.2 Å². The van der Waals surface area contributed by atoms with Gasteiger partial charge in [0.25, 0.3) is 0 Å². The molecule has 18 heavy (non-hydrogen) atoms. The van der Waals surface area contributed by atoms with E-state index in [0.29, 0.717) is 19.4 Å². The van der Waals surface area contributed by atoms with Crippen LogP contribution in [0.4, 0.5) is 0 Å². The third kappa shape index (κ3) is 2.98. The van der Waals surface area contributed by atoms with Gasteiger partial charge in [0, 0.05) is 13.6 Å². The monoisotopic (exact) mass is 271 g/mol. The Kier molecular flexibility index (Phi) is 5.07. The average molecular weight is 271 g/mol. The normalized spacial score (nSPS) is 16.6. The van der Waals surface area contributed by atoms with Crippen molar-refractivity contribution >= 4 is 29.0 Å². The van der Waals surface area contributed by atoms with Crippen molar-refractivity contribution in [1.29, 1.82) is 0 Å². The molecule has 0 aliphatic heterocycles. The van der Waals surface area contributed by atoms with Gasteiger partial charge in [0.15, 0.2) is 0 Å². The minimum absolute atomic E-state index is 0.0587. The zero-order valence-electron chi connectivity index (χ0n) is 11.0. The molecule has 5 nitrogen and oxygen atoms in total. The van der Waals surface area contributed by atoms with E-state index < -0.39 is 5.41 Å². The summed E-state index contributed by atoms with van der Waals surface area (Å²) in [7, 11) is 1.62. The summed E-state index contributed by atoms with van der Waals surface area (Å²) < 4.78 is 0. The van der Waals surface area contributed by atoms with Gasteiger partial charge in [0.05, 0.1) is 16.9 Å². The van der Waals surface area contributed by atoms with Gasteiger partial charge in [0.1, 0.15) is 0 Å². The Hall–Kier alpha value is -1.17. The standard InChI is InChI=1S/C12H21N3O2S/c1-3-7-14-9(16)8-15(2)11(17)12(10(13)18)5-4-6-12/h3-8H2,1-2H3,(H2,13,18)(H,14,16). The molecule has 2 amide bonds. The van der Waals surface area contributed by atoms with E-state index in [0.717, 1.165) is 12.8 Å². The van der Waals surface area contributed by atoms with E-state index in [9.17, 15) is 9.59 Å². The van der Waals surface area contributed by atoms with Crippen LogP contribution in [-0.2, 0) is 9.59 Å². The number of thiocarbonyl (C=S) groups is 1. The predicted octanol–water partition coefficient (Wildman–Crippen LogP) is 0.427. The number of hydrogen-bond acceptors (Lipinski definition) is 3. The van der Waals surface area contributed by atoms with Gasteiger partial charge in [-0.25, -0.2) is 0 Å². The van der Waals surface area contributed by atoms with Gasteiger partial charge in [-0.05, 0) is 19.3 Å². The van der Waals surface area contributed by atoms with E-state index >= 15 is 0 Å². The summed E-state index contributed by atoms with van der Waals surface area (Å²) in [6.07, 6.45) is 3.23. The third-order valence-electron chi connectivity index (χ3n) is 3.39.